The highest BCUT2D eigenvalue weighted by atomic mass is 19.4. The van der Waals surface area contributed by atoms with Crippen LogP contribution in [-0.4, -0.2) is 38.6 Å². The van der Waals surface area contributed by atoms with Crippen LogP contribution in [0.5, 0.6) is 0 Å². The molecular weight excluding hydrogens is 359 g/mol. The van der Waals surface area contributed by atoms with Gasteiger partial charge < -0.3 is 14.6 Å². The number of hydrogen-bond donors (Lipinski definition) is 1. The standard InChI is InChI=1S/C19H22F3N3O2/c1-2-24-12-9-23-17(24)14-7-10-25(11-8-14)18(27)16(26)13-3-5-15(6-4-13)19(20,21)22/h3-6,9,12,14,16,26H,2,7-8,10-11H2,1H3/t16-/m1/s1. The fourth-order valence-electron chi connectivity index (χ4n) is 3.48. The number of imidazole rings is 1. The van der Waals surface area contributed by atoms with Crippen molar-refractivity contribution in [1.82, 2.24) is 14.5 Å². The number of nitrogens with zero attached hydrogens (tertiary/aromatic N) is 3. The van der Waals surface area contributed by atoms with Gasteiger partial charge in [-0.05, 0) is 37.5 Å². The second-order valence-electron chi connectivity index (χ2n) is 6.69. The van der Waals surface area contributed by atoms with E-state index in [4.69, 9.17) is 0 Å². The number of aromatic nitrogens is 2. The lowest BCUT2D eigenvalue weighted by Gasteiger charge is -2.33. The van der Waals surface area contributed by atoms with Crippen LogP contribution in [0.3, 0.4) is 0 Å². The van der Waals surface area contributed by atoms with E-state index >= 15 is 0 Å². The van der Waals surface area contributed by atoms with Crippen molar-refractivity contribution >= 4 is 5.91 Å². The Bertz CT molecular complexity index is 778. The van der Waals surface area contributed by atoms with Gasteiger partial charge in [0.2, 0.25) is 0 Å². The molecule has 146 valence electrons. The molecule has 0 bridgehead atoms. The van der Waals surface area contributed by atoms with Crippen LogP contribution in [-0.2, 0) is 17.5 Å². The Labute approximate surface area is 155 Å². The van der Waals surface area contributed by atoms with E-state index in [1.54, 1.807) is 11.1 Å². The maximum Gasteiger partial charge on any atom is 0.416 e. The summed E-state index contributed by atoms with van der Waals surface area (Å²) in [5.74, 6) is 0.784. The van der Waals surface area contributed by atoms with Gasteiger partial charge in [0.25, 0.3) is 5.91 Å². The molecule has 2 aromatic rings. The van der Waals surface area contributed by atoms with E-state index in [2.05, 4.69) is 9.55 Å². The Hall–Kier alpha value is -2.35. The molecule has 2 heterocycles. The lowest BCUT2D eigenvalue weighted by atomic mass is 9.95. The second kappa shape index (κ2) is 7.72. The van der Waals surface area contributed by atoms with Crippen molar-refractivity contribution < 1.29 is 23.1 Å². The van der Waals surface area contributed by atoms with Crippen molar-refractivity contribution in [2.24, 2.45) is 0 Å². The molecule has 1 aliphatic rings. The number of halogens is 3. The molecule has 0 saturated carbocycles. The minimum Gasteiger partial charge on any atom is -0.378 e. The number of benzene rings is 1. The average Bonchev–Trinajstić information content (AvgIpc) is 3.15. The van der Waals surface area contributed by atoms with Crippen molar-refractivity contribution in [2.45, 2.75) is 44.5 Å². The smallest absolute Gasteiger partial charge is 0.378 e. The van der Waals surface area contributed by atoms with E-state index < -0.39 is 23.8 Å². The number of carbonyl (C=O) groups is 1. The Balaban J connectivity index is 1.62. The number of hydrogen-bond acceptors (Lipinski definition) is 3. The summed E-state index contributed by atoms with van der Waals surface area (Å²) in [6, 6.07) is 4.05. The molecule has 5 nitrogen and oxygen atoms in total. The first kappa shape index (κ1) is 19.4. The van der Waals surface area contributed by atoms with Crippen LogP contribution in [0.25, 0.3) is 0 Å². The number of rotatable bonds is 4. The van der Waals surface area contributed by atoms with E-state index in [9.17, 15) is 23.1 Å². The van der Waals surface area contributed by atoms with Gasteiger partial charge >= 0.3 is 6.18 Å². The van der Waals surface area contributed by atoms with Crippen LogP contribution >= 0.6 is 0 Å². The summed E-state index contributed by atoms with van der Waals surface area (Å²) in [7, 11) is 0. The summed E-state index contributed by atoms with van der Waals surface area (Å²) in [5, 5.41) is 10.3. The SMILES string of the molecule is CCn1ccnc1C1CCN(C(=O)[C@H](O)c2ccc(C(F)(F)F)cc2)CC1. The van der Waals surface area contributed by atoms with Crippen LogP contribution in [0.2, 0.25) is 0 Å². The van der Waals surface area contributed by atoms with Gasteiger partial charge in [0.15, 0.2) is 6.10 Å². The summed E-state index contributed by atoms with van der Waals surface area (Å²) in [6.45, 7) is 3.85. The first-order valence-electron chi connectivity index (χ1n) is 8.96. The molecule has 1 N–H and O–H groups in total. The molecule has 1 fully saturated rings. The number of carbonyl (C=O) groups excluding carboxylic acids is 1. The Morgan fingerprint density at radius 3 is 2.44 bits per heavy atom. The Kier molecular flexibility index (Phi) is 5.55. The van der Waals surface area contributed by atoms with Gasteiger partial charge in [-0.1, -0.05) is 12.1 Å². The van der Waals surface area contributed by atoms with E-state index in [0.29, 0.717) is 13.1 Å². The zero-order chi connectivity index (χ0) is 19.6. The van der Waals surface area contributed by atoms with Gasteiger partial charge in [-0.3, -0.25) is 4.79 Å². The van der Waals surface area contributed by atoms with Crippen LogP contribution in [0.15, 0.2) is 36.7 Å². The van der Waals surface area contributed by atoms with Gasteiger partial charge in [-0.2, -0.15) is 13.2 Å². The molecule has 1 atom stereocenters. The fraction of sp³-hybridized carbons (Fsp3) is 0.474. The number of piperidine rings is 1. The summed E-state index contributed by atoms with van der Waals surface area (Å²) < 4.78 is 40.0. The van der Waals surface area contributed by atoms with E-state index in [1.165, 1.54) is 0 Å². The molecule has 0 unspecified atom stereocenters. The predicted molar refractivity (Wildman–Crippen MR) is 92.9 cm³/mol. The third-order valence-corrected chi connectivity index (χ3v) is 5.05. The quantitative estimate of drug-likeness (QED) is 0.884. The van der Waals surface area contributed by atoms with Crippen molar-refractivity contribution in [3.8, 4) is 0 Å². The number of amides is 1. The molecule has 8 heteroatoms. The monoisotopic (exact) mass is 381 g/mol. The molecule has 27 heavy (non-hydrogen) atoms. The van der Waals surface area contributed by atoms with Crippen molar-refractivity contribution in [1.29, 1.82) is 0 Å². The molecule has 0 radical (unpaired) electrons. The highest BCUT2D eigenvalue weighted by Gasteiger charge is 2.32. The molecular formula is C19H22F3N3O2. The molecule has 1 aromatic heterocycles. The molecule has 1 aromatic carbocycles. The van der Waals surface area contributed by atoms with Crippen molar-refractivity contribution in [3.05, 3.63) is 53.6 Å². The highest BCUT2D eigenvalue weighted by molar-refractivity contribution is 5.82. The number of aliphatic hydroxyl groups is 1. The highest BCUT2D eigenvalue weighted by Crippen LogP contribution is 2.31. The van der Waals surface area contributed by atoms with E-state index in [-0.39, 0.29) is 11.5 Å². The van der Waals surface area contributed by atoms with Crippen molar-refractivity contribution in [2.75, 3.05) is 13.1 Å². The molecule has 0 spiro atoms. The summed E-state index contributed by atoms with van der Waals surface area (Å²) in [6.07, 6.45) is -0.724. The zero-order valence-corrected chi connectivity index (χ0v) is 15.0. The van der Waals surface area contributed by atoms with Gasteiger partial charge in [0, 0.05) is 37.9 Å². The van der Waals surface area contributed by atoms with Crippen LogP contribution in [0.1, 0.15) is 48.7 Å². The van der Waals surface area contributed by atoms with Crippen molar-refractivity contribution in [3.63, 3.8) is 0 Å². The van der Waals surface area contributed by atoms with E-state index in [1.807, 2.05) is 13.1 Å². The Morgan fingerprint density at radius 2 is 1.89 bits per heavy atom. The molecule has 1 aliphatic heterocycles. The maximum absolute atomic E-state index is 12.6. The van der Waals surface area contributed by atoms with Gasteiger partial charge in [-0.25, -0.2) is 4.98 Å². The second-order valence-corrected chi connectivity index (χ2v) is 6.69. The lowest BCUT2D eigenvalue weighted by Crippen LogP contribution is -2.41. The predicted octanol–water partition coefficient (Wildman–Crippen LogP) is 3.36. The number of likely N-dealkylation sites (tertiary alicyclic amines) is 1. The lowest BCUT2D eigenvalue weighted by molar-refractivity contribution is -0.141. The average molecular weight is 381 g/mol. The normalized spacial score (nSPS) is 17.1. The van der Waals surface area contributed by atoms with Crippen LogP contribution in [0, 0.1) is 0 Å². The molecule has 1 saturated heterocycles. The van der Waals surface area contributed by atoms with Gasteiger partial charge in [0.05, 0.1) is 5.56 Å². The number of aliphatic hydroxyl groups excluding tert-OH is 1. The summed E-state index contributed by atoms with van der Waals surface area (Å²) >= 11 is 0. The third kappa shape index (κ3) is 4.16. The minimum atomic E-state index is -4.44. The molecule has 1 amide bonds. The zero-order valence-electron chi connectivity index (χ0n) is 15.0. The van der Waals surface area contributed by atoms with E-state index in [0.717, 1.165) is 49.5 Å². The molecule has 3 rings (SSSR count). The molecule has 0 aliphatic carbocycles. The van der Waals surface area contributed by atoms with Crippen LogP contribution < -0.4 is 0 Å². The Morgan fingerprint density at radius 1 is 1.26 bits per heavy atom. The third-order valence-electron chi connectivity index (χ3n) is 5.05. The largest absolute Gasteiger partial charge is 0.416 e. The topological polar surface area (TPSA) is 58.4 Å². The number of alkyl halides is 3. The fourth-order valence-corrected chi connectivity index (χ4v) is 3.48. The first-order chi connectivity index (χ1) is 12.8. The maximum atomic E-state index is 12.6. The summed E-state index contributed by atoms with van der Waals surface area (Å²) in [4.78, 5) is 18.5. The van der Waals surface area contributed by atoms with Crippen LogP contribution in [0.4, 0.5) is 13.2 Å². The number of aryl methyl sites for hydroxylation is 1. The van der Waals surface area contributed by atoms with Gasteiger partial charge in [-0.15, -0.1) is 0 Å². The summed E-state index contributed by atoms with van der Waals surface area (Å²) in [5.41, 5.74) is -0.644. The minimum absolute atomic E-state index is 0.164. The first-order valence-corrected chi connectivity index (χ1v) is 8.96. The van der Waals surface area contributed by atoms with Gasteiger partial charge in [0.1, 0.15) is 5.82 Å².